The Kier molecular flexibility index (Phi) is 4.95. The van der Waals surface area contributed by atoms with Crippen molar-refractivity contribution in [1.82, 2.24) is 4.98 Å². The number of aromatic nitrogens is 2. The average molecular weight is 399 g/mol. The van der Waals surface area contributed by atoms with Crippen molar-refractivity contribution in [2.75, 3.05) is 0 Å². The van der Waals surface area contributed by atoms with Crippen LogP contribution >= 0.6 is 0 Å². The summed E-state index contributed by atoms with van der Waals surface area (Å²) in [6.45, 7) is 2.62. The van der Waals surface area contributed by atoms with Gasteiger partial charge in [-0.2, -0.15) is 4.57 Å². The number of hydrogen-bond donors (Lipinski definition) is 0. The lowest BCUT2D eigenvalue weighted by molar-refractivity contribution is -0.687. The Hall–Kier alpha value is -2.53. The molecule has 126 valence electrons. The van der Waals surface area contributed by atoms with Crippen LogP contribution in [0.2, 0.25) is 0 Å². The Morgan fingerprint density at radius 1 is 1.08 bits per heavy atom. The summed E-state index contributed by atoms with van der Waals surface area (Å²) in [7, 11) is 0. The van der Waals surface area contributed by atoms with E-state index in [0.29, 0.717) is 12.4 Å². The van der Waals surface area contributed by atoms with Crippen molar-refractivity contribution in [3.05, 3.63) is 83.9 Å². The van der Waals surface area contributed by atoms with Crippen LogP contribution in [0.3, 0.4) is 0 Å². The van der Waals surface area contributed by atoms with Crippen molar-refractivity contribution < 1.29 is 30.4 Å². The minimum Gasteiger partial charge on any atom is -1.00 e. The summed E-state index contributed by atoms with van der Waals surface area (Å²) < 4.78 is 21.2. The molecule has 0 bridgehead atoms. The van der Waals surface area contributed by atoms with Gasteiger partial charge in [0.1, 0.15) is 16.9 Å². The second-order valence-corrected chi connectivity index (χ2v) is 5.89. The summed E-state index contributed by atoms with van der Waals surface area (Å²) in [5.74, 6) is 0.364. The van der Waals surface area contributed by atoms with Gasteiger partial charge < -0.3 is 21.4 Å². The maximum atomic E-state index is 13.3. The van der Waals surface area contributed by atoms with Crippen molar-refractivity contribution in [3.8, 4) is 11.5 Å². The largest absolute Gasteiger partial charge is 1.00 e. The number of benzene rings is 2. The van der Waals surface area contributed by atoms with Gasteiger partial charge in [-0.3, -0.25) is 0 Å². The van der Waals surface area contributed by atoms with Crippen molar-refractivity contribution in [2.45, 2.75) is 13.5 Å². The quantitative estimate of drug-likeness (QED) is 0.486. The number of pyridine rings is 1. The van der Waals surface area contributed by atoms with Crippen LogP contribution in [0.1, 0.15) is 11.1 Å². The summed E-state index contributed by atoms with van der Waals surface area (Å²) in [4.78, 5) is 4.57. The summed E-state index contributed by atoms with van der Waals surface area (Å²) >= 11 is 0. The Bertz CT molecular complexity index is 1030. The molecular weight excluding hydrogens is 383 g/mol. The molecule has 0 unspecified atom stereocenters. The van der Waals surface area contributed by atoms with Crippen LogP contribution in [0, 0.1) is 12.7 Å². The van der Waals surface area contributed by atoms with Gasteiger partial charge in [-0.15, -0.1) is 0 Å². The van der Waals surface area contributed by atoms with Gasteiger partial charge in [0.15, 0.2) is 24.5 Å². The van der Waals surface area contributed by atoms with Crippen LogP contribution in [0.15, 0.2) is 71.4 Å². The maximum Gasteiger partial charge on any atom is 0.233 e. The van der Waals surface area contributed by atoms with Gasteiger partial charge in [0.2, 0.25) is 5.89 Å². The zero-order valence-corrected chi connectivity index (χ0v) is 15.2. The summed E-state index contributed by atoms with van der Waals surface area (Å²) in [6, 6.07) is 16.5. The van der Waals surface area contributed by atoms with Crippen LogP contribution in [0.25, 0.3) is 22.6 Å². The lowest BCUT2D eigenvalue weighted by Gasteiger charge is -1.99. The topological polar surface area (TPSA) is 29.9 Å². The smallest absolute Gasteiger partial charge is 0.233 e. The van der Waals surface area contributed by atoms with Crippen molar-refractivity contribution in [3.63, 3.8) is 0 Å². The van der Waals surface area contributed by atoms with Gasteiger partial charge in [0.05, 0.1) is 0 Å². The number of halogens is 2. The molecule has 0 saturated heterocycles. The highest BCUT2D eigenvalue weighted by Crippen LogP contribution is 2.23. The molecule has 0 radical (unpaired) electrons. The number of rotatable bonds is 3. The number of aryl methyl sites for hydroxylation is 1. The molecule has 0 spiro atoms. The average Bonchev–Trinajstić information content (AvgIpc) is 2.98. The summed E-state index contributed by atoms with van der Waals surface area (Å²) in [5.41, 5.74) is 4.58. The monoisotopic (exact) mass is 398 g/mol. The van der Waals surface area contributed by atoms with E-state index in [1.807, 2.05) is 60.3 Å². The van der Waals surface area contributed by atoms with E-state index in [0.717, 1.165) is 27.8 Å². The lowest BCUT2D eigenvalue weighted by atomic mass is 10.2. The summed E-state index contributed by atoms with van der Waals surface area (Å²) in [5, 5.41) is 0. The van der Waals surface area contributed by atoms with Gasteiger partial charge in [0, 0.05) is 11.6 Å². The standard InChI is InChI=1S/C20H16FN2O.BrH/c1-14-7-8-19-18(10-14)22-20(24-19)16-5-3-9-23(13-16)12-15-4-2-6-17(21)11-15;/h2-11,13H,12H2,1H3;1H/q+1;/p-1. The fraction of sp³-hybridized carbons (Fsp3) is 0.100. The van der Waals surface area contributed by atoms with Gasteiger partial charge in [0.25, 0.3) is 0 Å². The molecular formula is C20H16BrFN2O. The Morgan fingerprint density at radius 2 is 1.96 bits per heavy atom. The first-order valence-electron chi connectivity index (χ1n) is 7.78. The Morgan fingerprint density at radius 3 is 2.80 bits per heavy atom. The van der Waals surface area contributed by atoms with Gasteiger partial charge in [-0.1, -0.05) is 18.2 Å². The first-order valence-corrected chi connectivity index (χ1v) is 7.78. The predicted octanol–water partition coefficient (Wildman–Crippen LogP) is 1.28. The minimum absolute atomic E-state index is 0. The molecule has 4 rings (SSSR count). The van der Waals surface area contributed by atoms with Crippen molar-refractivity contribution in [1.29, 1.82) is 0 Å². The van der Waals surface area contributed by atoms with Crippen LogP contribution in [-0.4, -0.2) is 4.98 Å². The zero-order valence-electron chi connectivity index (χ0n) is 13.6. The highest BCUT2D eigenvalue weighted by molar-refractivity contribution is 5.76. The molecule has 0 saturated carbocycles. The molecule has 25 heavy (non-hydrogen) atoms. The number of fused-ring (bicyclic) bond motifs is 1. The predicted molar refractivity (Wildman–Crippen MR) is 89.9 cm³/mol. The highest BCUT2D eigenvalue weighted by atomic mass is 79.9. The molecule has 0 atom stereocenters. The van der Waals surface area contributed by atoms with E-state index in [1.54, 1.807) is 12.1 Å². The third kappa shape index (κ3) is 3.77. The van der Waals surface area contributed by atoms with E-state index >= 15 is 0 Å². The molecule has 3 nitrogen and oxygen atoms in total. The van der Waals surface area contributed by atoms with E-state index < -0.39 is 0 Å². The molecule has 0 fully saturated rings. The van der Waals surface area contributed by atoms with Gasteiger partial charge >= 0.3 is 0 Å². The van der Waals surface area contributed by atoms with E-state index in [-0.39, 0.29) is 22.8 Å². The third-order valence-corrected chi connectivity index (χ3v) is 3.90. The first kappa shape index (κ1) is 17.3. The van der Waals surface area contributed by atoms with E-state index in [9.17, 15) is 4.39 Å². The van der Waals surface area contributed by atoms with Crippen molar-refractivity contribution >= 4 is 11.1 Å². The van der Waals surface area contributed by atoms with E-state index in [1.165, 1.54) is 6.07 Å². The molecule has 0 aliphatic carbocycles. The lowest BCUT2D eigenvalue weighted by Crippen LogP contribution is -3.00. The minimum atomic E-state index is -0.224. The molecule has 0 amide bonds. The Balaban J connectivity index is 0.00000182. The van der Waals surface area contributed by atoms with Gasteiger partial charge in [-0.25, -0.2) is 9.37 Å². The molecule has 4 aromatic rings. The highest BCUT2D eigenvalue weighted by Gasteiger charge is 2.12. The van der Waals surface area contributed by atoms with Crippen LogP contribution in [0.5, 0.6) is 0 Å². The van der Waals surface area contributed by atoms with E-state index in [4.69, 9.17) is 4.42 Å². The van der Waals surface area contributed by atoms with E-state index in [2.05, 4.69) is 4.98 Å². The van der Waals surface area contributed by atoms with Crippen molar-refractivity contribution in [2.24, 2.45) is 0 Å². The number of hydrogen-bond acceptors (Lipinski definition) is 2. The first-order chi connectivity index (χ1) is 11.7. The van der Waals surface area contributed by atoms with Gasteiger partial charge in [-0.05, 0) is 42.8 Å². The second kappa shape index (κ2) is 7.15. The molecule has 0 aliphatic heterocycles. The summed E-state index contributed by atoms with van der Waals surface area (Å²) in [6.07, 6.45) is 3.91. The number of nitrogens with zero attached hydrogens (tertiary/aromatic N) is 2. The number of oxazole rings is 1. The molecule has 2 aromatic heterocycles. The second-order valence-electron chi connectivity index (χ2n) is 5.89. The normalized spacial score (nSPS) is 10.6. The molecule has 0 N–H and O–H groups in total. The van der Waals surface area contributed by atoms with Crippen LogP contribution in [0.4, 0.5) is 4.39 Å². The molecule has 2 heterocycles. The fourth-order valence-corrected chi connectivity index (χ4v) is 2.75. The van der Waals surface area contributed by atoms with Crippen LogP contribution in [-0.2, 0) is 6.54 Å². The molecule has 5 heteroatoms. The molecule has 0 aliphatic rings. The third-order valence-electron chi connectivity index (χ3n) is 3.90. The Labute approximate surface area is 155 Å². The molecule has 2 aromatic carbocycles. The zero-order chi connectivity index (χ0) is 16.5. The maximum absolute atomic E-state index is 13.3. The SMILES string of the molecule is Cc1ccc2oc(-c3ccc[n+](Cc4cccc(F)c4)c3)nc2c1.[Br-]. The van der Waals surface area contributed by atoms with Crippen LogP contribution < -0.4 is 21.5 Å². The fourth-order valence-electron chi connectivity index (χ4n) is 2.75.